The molecule has 1 fully saturated rings. The summed E-state index contributed by atoms with van der Waals surface area (Å²) in [5.41, 5.74) is 1.01. The van der Waals surface area contributed by atoms with E-state index in [-0.39, 0.29) is 11.7 Å². The van der Waals surface area contributed by atoms with Crippen LogP contribution < -0.4 is 0 Å². The minimum atomic E-state index is -0.576. The van der Waals surface area contributed by atoms with E-state index in [0.717, 1.165) is 5.69 Å². The predicted octanol–water partition coefficient (Wildman–Crippen LogP) is 0.242. The molecule has 1 atom stereocenters. The summed E-state index contributed by atoms with van der Waals surface area (Å²) in [5.74, 6) is -0.845. The highest BCUT2D eigenvalue weighted by molar-refractivity contribution is 5.87. The number of rotatable bonds is 4. The molecular formula is C14H18N2O5. The van der Waals surface area contributed by atoms with E-state index in [0.29, 0.717) is 26.2 Å². The second-order valence-electron chi connectivity index (χ2n) is 4.62. The Hall–Kier alpha value is -1.99. The first-order chi connectivity index (χ1) is 10.1. The Morgan fingerprint density at radius 2 is 2.19 bits per heavy atom. The number of hydrogen-bond acceptors (Lipinski definition) is 7. The van der Waals surface area contributed by atoms with Crippen LogP contribution in [0.5, 0.6) is 0 Å². The first kappa shape index (κ1) is 15.4. The van der Waals surface area contributed by atoms with Crippen LogP contribution in [-0.2, 0) is 25.5 Å². The Balaban J connectivity index is 2.01. The van der Waals surface area contributed by atoms with Crippen molar-refractivity contribution < 1.29 is 23.8 Å². The molecule has 1 saturated heterocycles. The summed E-state index contributed by atoms with van der Waals surface area (Å²) in [7, 11) is 2.66. The summed E-state index contributed by atoms with van der Waals surface area (Å²) in [6.07, 6.45) is -0.576. The summed E-state index contributed by atoms with van der Waals surface area (Å²) in [6.45, 7) is 2.12. The third-order valence-corrected chi connectivity index (χ3v) is 3.20. The van der Waals surface area contributed by atoms with E-state index in [1.165, 1.54) is 14.2 Å². The quantitative estimate of drug-likeness (QED) is 0.736. The molecule has 7 nitrogen and oxygen atoms in total. The van der Waals surface area contributed by atoms with Gasteiger partial charge in [0.05, 0.1) is 26.5 Å². The van der Waals surface area contributed by atoms with E-state index in [1.54, 1.807) is 12.1 Å². The lowest BCUT2D eigenvalue weighted by molar-refractivity contribution is -0.160. The molecule has 0 saturated carbocycles. The van der Waals surface area contributed by atoms with Crippen LogP contribution in [0.4, 0.5) is 0 Å². The number of esters is 2. The van der Waals surface area contributed by atoms with Gasteiger partial charge in [0.15, 0.2) is 6.10 Å². The van der Waals surface area contributed by atoms with Crippen LogP contribution in [0, 0.1) is 0 Å². The van der Waals surface area contributed by atoms with Gasteiger partial charge in [-0.25, -0.2) is 14.6 Å². The topological polar surface area (TPSA) is 78.0 Å². The molecule has 1 unspecified atom stereocenters. The molecule has 1 aromatic heterocycles. The van der Waals surface area contributed by atoms with Crippen LogP contribution in [0.25, 0.3) is 0 Å². The Morgan fingerprint density at radius 3 is 2.90 bits per heavy atom. The van der Waals surface area contributed by atoms with Gasteiger partial charge in [0, 0.05) is 19.6 Å². The SMILES string of the molecule is COC(=O)c1cccc(CN2CCOC(C(=O)OC)C2)n1. The van der Waals surface area contributed by atoms with Crippen LogP contribution >= 0.6 is 0 Å². The Kier molecular flexibility index (Phi) is 5.24. The average molecular weight is 294 g/mol. The zero-order valence-corrected chi connectivity index (χ0v) is 12.1. The van der Waals surface area contributed by atoms with Crippen molar-refractivity contribution in [3.8, 4) is 0 Å². The molecule has 0 radical (unpaired) electrons. The molecule has 0 aliphatic carbocycles. The maximum absolute atomic E-state index is 11.5. The summed E-state index contributed by atoms with van der Waals surface area (Å²) in [5, 5.41) is 0. The molecule has 2 heterocycles. The molecular weight excluding hydrogens is 276 g/mol. The van der Waals surface area contributed by atoms with Gasteiger partial charge in [0.25, 0.3) is 0 Å². The van der Waals surface area contributed by atoms with Gasteiger partial charge in [0.1, 0.15) is 5.69 Å². The number of nitrogens with zero attached hydrogens (tertiary/aromatic N) is 2. The molecule has 0 amide bonds. The molecule has 114 valence electrons. The van der Waals surface area contributed by atoms with E-state index in [1.807, 2.05) is 11.0 Å². The van der Waals surface area contributed by atoms with Crippen molar-refractivity contribution >= 4 is 11.9 Å². The van der Waals surface area contributed by atoms with Crippen molar-refractivity contribution in [3.63, 3.8) is 0 Å². The minimum Gasteiger partial charge on any atom is -0.467 e. The zero-order valence-electron chi connectivity index (χ0n) is 12.1. The zero-order chi connectivity index (χ0) is 15.2. The Labute approximate surface area is 122 Å². The largest absolute Gasteiger partial charge is 0.467 e. The number of methoxy groups -OCH3 is 2. The molecule has 1 aliphatic rings. The van der Waals surface area contributed by atoms with Crippen LogP contribution in [0.1, 0.15) is 16.2 Å². The van der Waals surface area contributed by atoms with Gasteiger partial charge in [-0.2, -0.15) is 0 Å². The van der Waals surface area contributed by atoms with Gasteiger partial charge in [-0.15, -0.1) is 0 Å². The van der Waals surface area contributed by atoms with Gasteiger partial charge in [0.2, 0.25) is 0 Å². The maximum Gasteiger partial charge on any atom is 0.356 e. The molecule has 0 N–H and O–H groups in total. The van der Waals surface area contributed by atoms with E-state index in [4.69, 9.17) is 4.74 Å². The number of carbonyl (C=O) groups is 2. The number of aromatic nitrogens is 1. The number of carbonyl (C=O) groups excluding carboxylic acids is 2. The first-order valence-electron chi connectivity index (χ1n) is 6.60. The van der Waals surface area contributed by atoms with E-state index >= 15 is 0 Å². The molecule has 1 aliphatic heterocycles. The molecule has 7 heteroatoms. The first-order valence-corrected chi connectivity index (χ1v) is 6.60. The van der Waals surface area contributed by atoms with Gasteiger partial charge in [-0.05, 0) is 12.1 Å². The fourth-order valence-electron chi connectivity index (χ4n) is 2.14. The van der Waals surface area contributed by atoms with Crippen LogP contribution in [0.3, 0.4) is 0 Å². The summed E-state index contributed by atoms with van der Waals surface area (Å²) in [6, 6.07) is 5.19. The van der Waals surface area contributed by atoms with Gasteiger partial charge in [-0.3, -0.25) is 4.90 Å². The number of ether oxygens (including phenoxy) is 3. The lowest BCUT2D eigenvalue weighted by atomic mass is 10.2. The number of pyridine rings is 1. The highest BCUT2D eigenvalue weighted by atomic mass is 16.6. The molecule has 1 aromatic rings. The molecule has 2 rings (SSSR count). The predicted molar refractivity (Wildman–Crippen MR) is 72.6 cm³/mol. The monoisotopic (exact) mass is 294 g/mol. The Bertz CT molecular complexity index is 520. The van der Waals surface area contributed by atoms with Crippen LogP contribution in [-0.4, -0.2) is 61.8 Å². The van der Waals surface area contributed by atoms with Gasteiger partial charge < -0.3 is 14.2 Å². The Morgan fingerprint density at radius 1 is 1.38 bits per heavy atom. The maximum atomic E-state index is 11.5. The van der Waals surface area contributed by atoms with Crippen molar-refractivity contribution in [1.82, 2.24) is 9.88 Å². The second kappa shape index (κ2) is 7.14. The number of hydrogen-bond donors (Lipinski definition) is 0. The van der Waals surface area contributed by atoms with Crippen LogP contribution in [0.15, 0.2) is 18.2 Å². The highest BCUT2D eigenvalue weighted by Crippen LogP contribution is 2.11. The van der Waals surface area contributed by atoms with E-state index in [2.05, 4.69) is 14.5 Å². The summed E-state index contributed by atoms with van der Waals surface area (Å²) in [4.78, 5) is 29.2. The van der Waals surface area contributed by atoms with Crippen molar-refractivity contribution in [2.45, 2.75) is 12.6 Å². The van der Waals surface area contributed by atoms with Crippen molar-refractivity contribution in [1.29, 1.82) is 0 Å². The molecule has 21 heavy (non-hydrogen) atoms. The third kappa shape index (κ3) is 3.99. The molecule has 0 spiro atoms. The normalized spacial score (nSPS) is 19.0. The van der Waals surface area contributed by atoms with Crippen molar-refractivity contribution in [3.05, 3.63) is 29.6 Å². The van der Waals surface area contributed by atoms with Gasteiger partial charge >= 0.3 is 11.9 Å². The summed E-state index contributed by atoms with van der Waals surface area (Å²) < 4.78 is 14.7. The minimum absolute atomic E-state index is 0.271. The number of morpholine rings is 1. The molecule has 0 aromatic carbocycles. The summed E-state index contributed by atoms with van der Waals surface area (Å²) >= 11 is 0. The lowest BCUT2D eigenvalue weighted by Crippen LogP contribution is -2.46. The van der Waals surface area contributed by atoms with Gasteiger partial charge in [-0.1, -0.05) is 6.07 Å². The fourth-order valence-corrected chi connectivity index (χ4v) is 2.14. The third-order valence-electron chi connectivity index (χ3n) is 3.20. The van der Waals surface area contributed by atoms with Crippen molar-refractivity contribution in [2.75, 3.05) is 33.9 Å². The molecule has 0 bridgehead atoms. The van der Waals surface area contributed by atoms with Crippen molar-refractivity contribution in [2.24, 2.45) is 0 Å². The average Bonchev–Trinajstić information content (AvgIpc) is 2.53. The van der Waals surface area contributed by atoms with Crippen LogP contribution in [0.2, 0.25) is 0 Å². The van der Waals surface area contributed by atoms with E-state index in [9.17, 15) is 9.59 Å². The van der Waals surface area contributed by atoms with E-state index < -0.39 is 12.1 Å². The lowest BCUT2D eigenvalue weighted by Gasteiger charge is -2.31. The second-order valence-corrected chi connectivity index (χ2v) is 4.62. The fraction of sp³-hybridized carbons (Fsp3) is 0.500. The standard InChI is InChI=1S/C14H18N2O5/c1-19-13(17)11-5-3-4-10(15-11)8-16-6-7-21-12(9-16)14(18)20-2/h3-5,12H,6-9H2,1-2H3. The smallest absolute Gasteiger partial charge is 0.356 e. The highest BCUT2D eigenvalue weighted by Gasteiger charge is 2.27.